The highest BCUT2D eigenvalue weighted by Gasteiger charge is 2.30. The van der Waals surface area contributed by atoms with E-state index in [1.54, 1.807) is 18.3 Å². The Morgan fingerprint density at radius 1 is 1.00 bits per heavy atom. The summed E-state index contributed by atoms with van der Waals surface area (Å²) in [6, 6.07) is 6.96. The van der Waals surface area contributed by atoms with E-state index < -0.39 is 9.84 Å². The molecule has 0 unspecified atom stereocenters. The van der Waals surface area contributed by atoms with E-state index in [-0.39, 0.29) is 5.41 Å². The van der Waals surface area contributed by atoms with Crippen LogP contribution < -0.4 is 0 Å². The number of benzene rings is 1. The lowest BCUT2D eigenvalue weighted by Crippen LogP contribution is -2.17. The summed E-state index contributed by atoms with van der Waals surface area (Å²) in [7, 11) is -3.50. The molecule has 3 nitrogen and oxygen atoms in total. The van der Waals surface area contributed by atoms with Crippen molar-refractivity contribution in [2.24, 2.45) is 0 Å². The highest BCUT2D eigenvalue weighted by atomic mass is 32.2. The molecule has 0 spiro atoms. The second-order valence-corrected chi connectivity index (χ2v) is 8.13. The largest absolute Gasteiger partial charge is 0.352 e. The second-order valence-electron chi connectivity index (χ2n) is 6.24. The van der Waals surface area contributed by atoms with Crippen LogP contribution in [0, 0.1) is 13.8 Å². The van der Waals surface area contributed by atoms with Gasteiger partial charge >= 0.3 is 0 Å². The maximum Gasteiger partial charge on any atom is 0.222 e. The minimum absolute atomic E-state index is 0.225. The average Bonchev–Trinajstić information content (AvgIpc) is 2.72. The maximum atomic E-state index is 12.8. The van der Waals surface area contributed by atoms with Crippen molar-refractivity contribution >= 4 is 9.84 Å². The lowest BCUT2D eigenvalue weighted by atomic mass is 9.87. The summed E-state index contributed by atoms with van der Waals surface area (Å²) in [5.41, 5.74) is 2.65. The van der Waals surface area contributed by atoms with Gasteiger partial charge in [0.05, 0.1) is 4.90 Å². The molecular weight excluding hydrogens is 270 g/mol. The quantitative estimate of drug-likeness (QED) is 0.916. The number of sulfone groups is 1. The fraction of sp³-hybridized carbons (Fsp3) is 0.375. The van der Waals surface area contributed by atoms with Gasteiger partial charge in [0, 0.05) is 6.20 Å². The number of nitrogens with one attached hydrogen (secondary N) is 1. The number of hydrogen-bond donors (Lipinski definition) is 1. The zero-order valence-electron chi connectivity index (χ0n) is 12.6. The number of hydrogen-bond acceptors (Lipinski definition) is 2. The zero-order chi connectivity index (χ0) is 15.1. The average molecular weight is 291 g/mol. The first-order valence-electron chi connectivity index (χ1n) is 6.64. The van der Waals surface area contributed by atoms with Crippen LogP contribution in [0.1, 0.15) is 37.5 Å². The van der Waals surface area contributed by atoms with Crippen LogP contribution in [-0.4, -0.2) is 13.4 Å². The normalized spacial score (nSPS) is 12.7. The molecule has 0 aliphatic carbocycles. The molecule has 1 aromatic carbocycles. The van der Waals surface area contributed by atoms with E-state index in [0.717, 1.165) is 16.7 Å². The third-order valence-corrected chi connectivity index (χ3v) is 5.14. The Hall–Kier alpha value is -1.55. The first kappa shape index (κ1) is 14.9. The molecule has 0 aliphatic rings. The zero-order valence-corrected chi connectivity index (χ0v) is 13.4. The summed E-state index contributed by atoms with van der Waals surface area (Å²) >= 11 is 0. The van der Waals surface area contributed by atoms with Gasteiger partial charge in [0.15, 0.2) is 0 Å². The van der Waals surface area contributed by atoms with Gasteiger partial charge in [-0.05, 0) is 42.5 Å². The highest BCUT2D eigenvalue weighted by Crippen LogP contribution is 2.34. The van der Waals surface area contributed by atoms with Crippen LogP contribution in [0.5, 0.6) is 0 Å². The lowest BCUT2D eigenvalue weighted by Gasteiger charge is -2.21. The maximum absolute atomic E-state index is 12.8. The molecule has 1 N–H and O–H groups in total. The summed E-state index contributed by atoms with van der Waals surface area (Å²) in [6.07, 6.45) is 1.77. The van der Waals surface area contributed by atoms with Crippen molar-refractivity contribution in [1.82, 2.24) is 4.98 Å². The summed E-state index contributed by atoms with van der Waals surface area (Å²) in [5, 5.41) is 0.311. The monoisotopic (exact) mass is 291 g/mol. The van der Waals surface area contributed by atoms with E-state index >= 15 is 0 Å². The van der Waals surface area contributed by atoms with E-state index in [4.69, 9.17) is 0 Å². The van der Waals surface area contributed by atoms with Gasteiger partial charge in [-0.1, -0.05) is 38.5 Å². The first-order chi connectivity index (χ1) is 9.14. The van der Waals surface area contributed by atoms with E-state index in [0.29, 0.717) is 9.92 Å². The van der Waals surface area contributed by atoms with Crippen molar-refractivity contribution in [3.8, 4) is 0 Å². The Morgan fingerprint density at radius 3 is 2.05 bits per heavy atom. The van der Waals surface area contributed by atoms with Crippen LogP contribution in [0.2, 0.25) is 0 Å². The Balaban J connectivity index is 2.65. The van der Waals surface area contributed by atoms with Crippen LogP contribution in [-0.2, 0) is 15.3 Å². The Labute approximate surface area is 121 Å². The molecule has 20 heavy (non-hydrogen) atoms. The summed E-state index contributed by atoms with van der Waals surface area (Å²) < 4.78 is 25.6. The summed E-state index contributed by atoms with van der Waals surface area (Å²) in [5.74, 6) is 0. The molecule has 0 saturated carbocycles. The van der Waals surface area contributed by atoms with E-state index in [1.165, 1.54) is 0 Å². The van der Waals surface area contributed by atoms with E-state index in [1.807, 2.05) is 46.8 Å². The predicted molar refractivity (Wildman–Crippen MR) is 80.9 cm³/mol. The minimum Gasteiger partial charge on any atom is -0.352 e. The number of aromatic nitrogens is 1. The van der Waals surface area contributed by atoms with Crippen molar-refractivity contribution in [1.29, 1.82) is 0 Å². The number of aryl methyl sites for hydroxylation is 2. The van der Waals surface area contributed by atoms with Gasteiger partial charge in [-0.3, -0.25) is 0 Å². The smallest absolute Gasteiger partial charge is 0.222 e. The molecule has 1 heterocycles. The topological polar surface area (TPSA) is 49.9 Å². The van der Waals surface area contributed by atoms with Gasteiger partial charge in [0.1, 0.15) is 5.03 Å². The summed E-state index contributed by atoms with van der Waals surface area (Å²) in [4.78, 5) is 3.28. The van der Waals surface area contributed by atoms with Gasteiger partial charge in [-0.15, -0.1) is 0 Å². The standard InChI is InChI=1S/C16H21NO2S/c1-11-6-8-13(9-7-11)20(18,19)15-14(16(3,4)5)12(2)10-17-15/h6-10,17H,1-5H3. The number of H-pyrrole nitrogens is 1. The van der Waals surface area contributed by atoms with Crippen molar-refractivity contribution in [3.63, 3.8) is 0 Å². The lowest BCUT2D eigenvalue weighted by molar-refractivity contribution is 0.556. The van der Waals surface area contributed by atoms with Gasteiger partial charge in [0.2, 0.25) is 9.84 Å². The van der Waals surface area contributed by atoms with E-state index in [9.17, 15) is 8.42 Å². The third kappa shape index (κ3) is 2.52. The molecule has 0 atom stereocenters. The molecule has 0 saturated heterocycles. The highest BCUT2D eigenvalue weighted by molar-refractivity contribution is 7.91. The van der Waals surface area contributed by atoms with Gasteiger partial charge < -0.3 is 4.98 Å². The molecule has 0 radical (unpaired) electrons. The molecule has 2 aromatic rings. The van der Waals surface area contributed by atoms with Crippen LogP contribution in [0.25, 0.3) is 0 Å². The Kier molecular flexibility index (Phi) is 3.54. The molecule has 1 aromatic heterocycles. The summed E-state index contributed by atoms with van der Waals surface area (Å²) in [6.45, 7) is 9.95. The molecule has 0 aliphatic heterocycles. The first-order valence-corrected chi connectivity index (χ1v) is 8.12. The molecule has 0 bridgehead atoms. The molecule has 0 amide bonds. The van der Waals surface area contributed by atoms with Gasteiger partial charge in [0.25, 0.3) is 0 Å². The SMILES string of the molecule is Cc1ccc(S(=O)(=O)c2[nH]cc(C)c2C(C)(C)C)cc1. The van der Waals surface area contributed by atoms with Gasteiger partial charge in [-0.25, -0.2) is 8.42 Å². The van der Waals surface area contributed by atoms with E-state index in [2.05, 4.69) is 4.98 Å². The minimum atomic E-state index is -3.50. The molecular formula is C16H21NO2S. The molecule has 108 valence electrons. The van der Waals surface area contributed by atoms with Crippen molar-refractivity contribution in [3.05, 3.63) is 47.2 Å². The van der Waals surface area contributed by atoms with Gasteiger partial charge in [-0.2, -0.15) is 0 Å². The van der Waals surface area contributed by atoms with Crippen LogP contribution >= 0.6 is 0 Å². The third-order valence-electron chi connectivity index (χ3n) is 3.39. The van der Waals surface area contributed by atoms with Crippen molar-refractivity contribution < 1.29 is 8.42 Å². The van der Waals surface area contributed by atoms with Crippen molar-refractivity contribution in [2.75, 3.05) is 0 Å². The van der Waals surface area contributed by atoms with Crippen molar-refractivity contribution in [2.45, 2.75) is 50.0 Å². The Morgan fingerprint density at radius 2 is 1.55 bits per heavy atom. The fourth-order valence-corrected chi connectivity index (χ4v) is 4.16. The molecule has 2 rings (SSSR count). The second kappa shape index (κ2) is 4.77. The van der Waals surface area contributed by atoms with Crippen LogP contribution in [0.15, 0.2) is 40.4 Å². The van der Waals surface area contributed by atoms with Crippen LogP contribution in [0.3, 0.4) is 0 Å². The molecule has 0 fully saturated rings. The molecule has 4 heteroatoms. The Bertz CT molecular complexity index is 717. The predicted octanol–water partition coefficient (Wildman–Crippen LogP) is 3.76. The fourth-order valence-electron chi connectivity index (χ4n) is 2.48. The number of rotatable bonds is 2. The van der Waals surface area contributed by atoms with Crippen LogP contribution in [0.4, 0.5) is 0 Å². The number of aromatic amines is 1.